The fraction of sp³-hybridized carbons (Fsp3) is 0.941. The van der Waals surface area contributed by atoms with Crippen LogP contribution in [0.4, 0.5) is 0 Å². The molecule has 0 radical (unpaired) electrons. The molecule has 1 aliphatic heterocycles. The highest BCUT2D eigenvalue weighted by atomic mass is 16.5. The third kappa shape index (κ3) is 4.68. The summed E-state index contributed by atoms with van der Waals surface area (Å²) in [6, 6.07) is 0. The van der Waals surface area contributed by atoms with Gasteiger partial charge in [0.2, 0.25) is 0 Å². The van der Waals surface area contributed by atoms with Crippen molar-refractivity contribution in [3.05, 3.63) is 0 Å². The number of nitrogens with one attached hydrogen (secondary N) is 1. The zero-order valence-electron chi connectivity index (χ0n) is 14.6. The number of nitrogens with zero attached hydrogens (tertiary/aromatic N) is 1. The van der Waals surface area contributed by atoms with Gasteiger partial charge in [-0.25, -0.2) is 0 Å². The summed E-state index contributed by atoms with van der Waals surface area (Å²) in [6.07, 6.45) is 5.95. The smallest absolute Gasteiger partial charge is 0.326 e. The zero-order valence-corrected chi connectivity index (χ0v) is 14.6. The molecule has 0 aliphatic carbocycles. The second-order valence-corrected chi connectivity index (χ2v) is 6.60. The highest BCUT2D eigenvalue weighted by Gasteiger charge is 2.35. The van der Waals surface area contributed by atoms with Gasteiger partial charge in [0.05, 0.1) is 6.61 Å². The van der Waals surface area contributed by atoms with Gasteiger partial charge in [-0.05, 0) is 58.7 Å². The molecule has 21 heavy (non-hydrogen) atoms. The third-order valence-electron chi connectivity index (χ3n) is 5.62. The van der Waals surface area contributed by atoms with E-state index < -0.39 is 5.54 Å². The maximum atomic E-state index is 12.1. The van der Waals surface area contributed by atoms with E-state index in [9.17, 15) is 4.79 Å². The van der Waals surface area contributed by atoms with E-state index in [0.29, 0.717) is 12.0 Å². The normalized spacial score (nSPS) is 21.8. The maximum absolute atomic E-state index is 12.1. The van der Waals surface area contributed by atoms with Crippen LogP contribution in [0.5, 0.6) is 0 Å². The van der Waals surface area contributed by atoms with Crippen LogP contribution in [-0.4, -0.2) is 49.7 Å². The Hall–Kier alpha value is -0.610. The molecule has 1 saturated heterocycles. The molecular formula is C17H34N2O2. The standard InChI is InChI=1S/C17H34N2O2/c1-6-17(7-2)10-13-19(14-11-17)12-9-16(4,18-5)15(20)21-8-3/h18H,6-14H2,1-5H3. The summed E-state index contributed by atoms with van der Waals surface area (Å²) in [6.45, 7) is 12.1. The number of piperidine rings is 1. The van der Waals surface area contributed by atoms with E-state index in [4.69, 9.17) is 4.74 Å². The van der Waals surface area contributed by atoms with Gasteiger partial charge < -0.3 is 15.0 Å². The Morgan fingerprint density at radius 1 is 1.24 bits per heavy atom. The molecule has 0 spiro atoms. The Bertz CT molecular complexity index is 319. The largest absolute Gasteiger partial charge is 0.465 e. The van der Waals surface area contributed by atoms with Crippen LogP contribution in [0.1, 0.15) is 59.8 Å². The van der Waals surface area contributed by atoms with Crippen molar-refractivity contribution < 1.29 is 9.53 Å². The predicted octanol–water partition coefficient (Wildman–Crippen LogP) is 2.82. The number of esters is 1. The Labute approximate surface area is 130 Å². The minimum Gasteiger partial charge on any atom is -0.465 e. The molecule has 0 bridgehead atoms. The molecule has 0 aromatic heterocycles. The lowest BCUT2D eigenvalue weighted by Gasteiger charge is -2.41. The number of ether oxygens (including phenoxy) is 1. The van der Waals surface area contributed by atoms with Crippen molar-refractivity contribution in [1.82, 2.24) is 10.2 Å². The van der Waals surface area contributed by atoms with Gasteiger partial charge in [-0.3, -0.25) is 4.79 Å². The van der Waals surface area contributed by atoms with Crippen LogP contribution in [0, 0.1) is 5.41 Å². The minimum atomic E-state index is -0.569. The number of likely N-dealkylation sites (tertiary alicyclic amines) is 1. The Morgan fingerprint density at radius 3 is 2.24 bits per heavy atom. The molecule has 0 aromatic rings. The first-order valence-electron chi connectivity index (χ1n) is 8.53. The molecule has 1 fully saturated rings. The van der Waals surface area contributed by atoms with Crippen LogP contribution in [0.3, 0.4) is 0 Å². The maximum Gasteiger partial charge on any atom is 0.326 e. The molecule has 1 heterocycles. The first-order chi connectivity index (χ1) is 9.95. The van der Waals surface area contributed by atoms with Gasteiger partial charge in [-0.2, -0.15) is 0 Å². The van der Waals surface area contributed by atoms with E-state index in [1.54, 1.807) is 0 Å². The highest BCUT2D eigenvalue weighted by Crippen LogP contribution is 2.37. The Kier molecular flexibility index (Phi) is 7.14. The molecule has 4 heteroatoms. The molecule has 1 rings (SSSR count). The van der Waals surface area contributed by atoms with Gasteiger partial charge >= 0.3 is 5.97 Å². The third-order valence-corrected chi connectivity index (χ3v) is 5.62. The molecule has 1 N–H and O–H groups in total. The van der Waals surface area contributed by atoms with E-state index in [1.165, 1.54) is 25.7 Å². The predicted molar refractivity (Wildman–Crippen MR) is 87.4 cm³/mol. The fourth-order valence-electron chi connectivity index (χ4n) is 3.21. The Balaban J connectivity index is 2.47. The quantitative estimate of drug-likeness (QED) is 0.700. The summed E-state index contributed by atoms with van der Waals surface area (Å²) in [5, 5.41) is 3.14. The molecule has 4 nitrogen and oxygen atoms in total. The van der Waals surface area contributed by atoms with E-state index in [0.717, 1.165) is 26.1 Å². The van der Waals surface area contributed by atoms with Crippen LogP contribution in [-0.2, 0) is 9.53 Å². The van der Waals surface area contributed by atoms with Gasteiger partial charge in [0.25, 0.3) is 0 Å². The zero-order chi connectivity index (χ0) is 15.9. The summed E-state index contributed by atoms with van der Waals surface area (Å²) in [7, 11) is 1.84. The van der Waals surface area contributed by atoms with Crippen molar-refractivity contribution in [1.29, 1.82) is 0 Å². The van der Waals surface area contributed by atoms with E-state index in [-0.39, 0.29) is 5.97 Å². The number of hydrogen-bond donors (Lipinski definition) is 1. The first-order valence-corrected chi connectivity index (χ1v) is 8.53. The topological polar surface area (TPSA) is 41.6 Å². The fourth-order valence-corrected chi connectivity index (χ4v) is 3.21. The van der Waals surface area contributed by atoms with Gasteiger partial charge in [-0.1, -0.05) is 26.7 Å². The number of carbonyl (C=O) groups is 1. The second-order valence-electron chi connectivity index (χ2n) is 6.60. The molecule has 1 atom stereocenters. The van der Waals surface area contributed by atoms with E-state index in [1.807, 2.05) is 20.9 Å². The number of rotatable bonds is 8. The SMILES string of the molecule is CCOC(=O)C(C)(CCN1CCC(CC)(CC)CC1)NC. The summed E-state index contributed by atoms with van der Waals surface area (Å²) < 4.78 is 5.19. The van der Waals surface area contributed by atoms with Crippen LogP contribution >= 0.6 is 0 Å². The Morgan fingerprint density at radius 2 is 1.81 bits per heavy atom. The van der Waals surface area contributed by atoms with Crippen LogP contribution in [0.15, 0.2) is 0 Å². The molecule has 0 amide bonds. The summed E-state index contributed by atoms with van der Waals surface area (Å²) in [5.41, 5.74) is -0.00991. The molecule has 1 aliphatic rings. The van der Waals surface area contributed by atoms with Gasteiger partial charge in [0, 0.05) is 6.54 Å². The molecule has 1 unspecified atom stereocenters. The van der Waals surface area contributed by atoms with Crippen LogP contribution in [0.2, 0.25) is 0 Å². The molecule has 124 valence electrons. The van der Waals surface area contributed by atoms with Gasteiger partial charge in [-0.15, -0.1) is 0 Å². The summed E-state index contributed by atoms with van der Waals surface area (Å²) in [4.78, 5) is 14.6. The number of hydrogen-bond acceptors (Lipinski definition) is 4. The van der Waals surface area contributed by atoms with E-state index in [2.05, 4.69) is 24.1 Å². The van der Waals surface area contributed by atoms with Gasteiger partial charge in [0.15, 0.2) is 0 Å². The van der Waals surface area contributed by atoms with Crippen LogP contribution < -0.4 is 5.32 Å². The lowest BCUT2D eigenvalue weighted by atomic mass is 9.74. The summed E-state index contributed by atoms with van der Waals surface area (Å²) in [5.74, 6) is -0.138. The van der Waals surface area contributed by atoms with E-state index >= 15 is 0 Å². The molecule has 0 aromatic carbocycles. The second kappa shape index (κ2) is 8.14. The van der Waals surface area contributed by atoms with Crippen molar-refractivity contribution in [2.45, 2.75) is 65.3 Å². The van der Waals surface area contributed by atoms with Crippen molar-refractivity contribution >= 4 is 5.97 Å². The lowest BCUT2D eigenvalue weighted by Crippen LogP contribution is -2.51. The van der Waals surface area contributed by atoms with Crippen molar-refractivity contribution in [3.8, 4) is 0 Å². The average Bonchev–Trinajstić information content (AvgIpc) is 2.53. The molecular weight excluding hydrogens is 264 g/mol. The average molecular weight is 298 g/mol. The van der Waals surface area contributed by atoms with Crippen molar-refractivity contribution in [2.24, 2.45) is 5.41 Å². The van der Waals surface area contributed by atoms with Crippen molar-refractivity contribution in [3.63, 3.8) is 0 Å². The summed E-state index contributed by atoms with van der Waals surface area (Å²) >= 11 is 0. The minimum absolute atomic E-state index is 0.138. The lowest BCUT2D eigenvalue weighted by molar-refractivity contribution is -0.150. The number of carbonyl (C=O) groups excluding carboxylic acids is 1. The number of likely N-dealkylation sites (N-methyl/N-ethyl adjacent to an activating group) is 1. The monoisotopic (exact) mass is 298 g/mol. The molecule has 0 saturated carbocycles. The first kappa shape index (κ1) is 18.4. The van der Waals surface area contributed by atoms with Crippen LogP contribution in [0.25, 0.3) is 0 Å². The van der Waals surface area contributed by atoms with Crippen molar-refractivity contribution in [2.75, 3.05) is 33.3 Å². The highest BCUT2D eigenvalue weighted by molar-refractivity contribution is 5.80. The van der Waals surface area contributed by atoms with Gasteiger partial charge in [0.1, 0.15) is 5.54 Å².